The van der Waals surface area contributed by atoms with Crippen molar-refractivity contribution in [2.24, 2.45) is 5.92 Å². The first-order chi connectivity index (χ1) is 7.58. The van der Waals surface area contributed by atoms with E-state index in [2.05, 4.69) is 47.2 Å². The Labute approximate surface area is 118 Å². The van der Waals surface area contributed by atoms with Crippen molar-refractivity contribution >= 4 is 28.3 Å². The zero-order valence-corrected chi connectivity index (χ0v) is 12.7. The summed E-state index contributed by atoms with van der Waals surface area (Å²) in [5, 5.41) is 12.9. The summed E-state index contributed by atoms with van der Waals surface area (Å²) in [6, 6.07) is 8.21. The van der Waals surface area contributed by atoms with Gasteiger partial charge in [0, 0.05) is 17.6 Å². The van der Waals surface area contributed by atoms with Crippen LogP contribution in [0.25, 0.3) is 0 Å². The van der Waals surface area contributed by atoms with Gasteiger partial charge in [-0.15, -0.1) is 12.4 Å². The van der Waals surface area contributed by atoms with E-state index in [4.69, 9.17) is 0 Å². The maximum Gasteiger partial charge on any atom is 0.0667 e. The molecule has 4 heteroatoms. The number of nitrogens with one attached hydrogen (secondary N) is 1. The highest BCUT2D eigenvalue weighted by atomic mass is 79.9. The largest absolute Gasteiger partial charge is 0.392 e. The number of hydrogen-bond donors (Lipinski definition) is 2. The van der Waals surface area contributed by atoms with Crippen LogP contribution in [0, 0.1) is 5.92 Å². The second-order valence-corrected chi connectivity index (χ2v) is 5.46. The van der Waals surface area contributed by atoms with Crippen molar-refractivity contribution in [1.82, 2.24) is 5.32 Å². The Morgan fingerprint density at radius 3 is 2.35 bits per heavy atom. The highest BCUT2D eigenvalue weighted by Gasteiger charge is 2.05. The molecular formula is C13H21BrClNO. The van der Waals surface area contributed by atoms with E-state index in [0.717, 1.165) is 17.4 Å². The molecule has 1 aromatic rings. The Hall–Kier alpha value is -0.0900. The third-order valence-electron chi connectivity index (χ3n) is 2.37. The van der Waals surface area contributed by atoms with Gasteiger partial charge >= 0.3 is 0 Å². The molecule has 0 fully saturated rings. The van der Waals surface area contributed by atoms with Crippen molar-refractivity contribution in [3.63, 3.8) is 0 Å². The van der Waals surface area contributed by atoms with Crippen LogP contribution >= 0.6 is 28.3 Å². The molecule has 1 atom stereocenters. The summed E-state index contributed by atoms with van der Waals surface area (Å²) in [5.74, 6) is 0.546. The predicted molar refractivity (Wildman–Crippen MR) is 78.6 cm³/mol. The predicted octanol–water partition coefficient (Wildman–Crippen LogP) is 3.37. The van der Waals surface area contributed by atoms with Crippen LogP contribution in [0.4, 0.5) is 0 Å². The standard InChI is InChI=1S/C13H20BrNO.ClH/c1-10(2)7-13(16)9-15-8-11-3-5-12(14)6-4-11;/h3-6,10,13,15-16H,7-9H2,1-2H3;1H. The minimum Gasteiger partial charge on any atom is -0.392 e. The number of aliphatic hydroxyl groups is 1. The molecule has 0 heterocycles. The Morgan fingerprint density at radius 1 is 1.24 bits per heavy atom. The van der Waals surface area contributed by atoms with Gasteiger partial charge in [-0.1, -0.05) is 41.9 Å². The van der Waals surface area contributed by atoms with E-state index in [1.807, 2.05) is 12.1 Å². The summed E-state index contributed by atoms with van der Waals surface area (Å²) in [6.07, 6.45) is 0.614. The minimum atomic E-state index is -0.240. The van der Waals surface area contributed by atoms with E-state index in [-0.39, 0.29) is 18.5 Å². The highest BCUT2D eigenvalue weighted by Crippen LogP contribution is 2.10. The normalized spacial score (nSPS) is 12.3. The Balaban J connectivity index is 0.00000256. The lowest BCUT2D eigenvalue weighted by Crippen LogP contribution is -2.27. The number of hydrogen-bond acceptors (Lipinski definition) is 2. The molecule has 1 unspecified atom stereocenters. The molecule has 0 spiro atoms. The summed E-state index contributed by atoms with van der Waals surface area (Å²) < 4.78 is 1.09. The van der Waals surface area contributed by atoms with Crippen LogP contribution in [0.3, 0.4) is 0 Å². The second-order valence-electron chi connectivity index (χ2n) is 4.54. The third kappa shape index (κ3) is 7.77. The zero-order valence-electron chi connectivity index (χ0n) is 10.3. The molecule has 2 N–H and O–H groups in total. The molecule has 0 saturated carbocycles. The maximum atomic E-state index is 9.67. The number of rotatable bonds is 6. The monoisotopic (exact) mass is 321 g/mol. The summed E-state index contributed by atoms with van der Waals surface area (Å²) in [4.78, 5) is 0. The molecule has 0 radical (unpaired) electrons. The van der Waals surface area contributed by atoms with Gasteiger partial charge in [-0.05, 0) is 30.0 Å². The van der Waals surface area contributed by atoms with Crippen molar-refractivity contribution in [1.29, 1.82) is 0 Å². The second kappa shape index (κ2) is 8.92. The lowest BCUT2D eigenvalue weighted by atomic mass is 10.1. The first kappa shape index (κ1) is 16.9. The fourth-order valence-corrected chi connectivity index (χ4v) is 1.88. The van der Waals surface area contributed by atoms with E-state index in [9.17, 15) is 5.11 Å². The lowest BCUT2D eigenvalue weighted by Gasteiger charge is -2.13. The number of aliphatic hydroxyl groups excluding tert-OH is 1. The summed E-state index contributed by atoms with van der Waals surface area (Å²) in [7, 11) is 0. The number of halogens is 2. The molecule has 0 bridgehead atoms. The van der Waals surface area contributed by atoms with Crippen LogP contribution in [0.5, 0.6) is 0 Å². The van der Waals surface area contributed by atoms with Crippen LogP contribution in [0.15, 0.2) is 28.7 Å². The SMILES string of the molecule is CC(C)CC(O)CNCc1ccc(Br)cc1.Cl. The number of benzene rings is 1. The lowest BCUT2D eigenvalue weighted by molar-refractivity contribution is 0.146. The van der Waals surface area contributed by atoms with Gasteiger partial charge in [0.1, 0.15) is 0 Å². The van der Waals surface area contributed by atoms with Gasteiger partial charge in [0.2, 0.25) is 0 Å². The van der Waals surface area contributed by atoms with Crippen molar-refractivity contribution in [3.8, 4) is 0 Å². The van der Waals surface area contributed by atoms with Crippen LogP contribution in [-0.2, 0) is 6.54 Å². The van der Waals surface area contributed by atoms with Crippen molar-refractivity contribution in [2.75, 3.05) is 6.54 Å². The molecule has 1 aromatic carbocycles. The van der Waals surface area contributed by atoms with Gasteiger partial charge in [-0.2, -0.15) is 0 Å². The summed E-state index contributed by atoms with van der Waals surface area (Å²) >= 11 is 3.40. The molecule has 98 valence electrons. The van der Waals surface area contributed by atoms with Gasteiger partial charge in [-0.3, -0.25) is 0 Å². The average Bonchev–Trinajstić information content (AvgIpc) is 2.20. The molecule has 0 saturated heterocycles. The van der Waals surface area contributed by atoms with Crippen LogP contribution < -0.4 is 5.32 Å². The van der Waals surface area contributed by atoms with Gasteiger partial charge < -0.3 is 10.4 Å². The Kier molecular flexibility index (Phi) is 8.88. The van der Waals surface area contributed by atoms with E-state index in [0.29, 0.717) is 12.5 Å². The van der Waals surface area contributed by atoms with Crippen molar-refractivity contribution in [2.45, 2.75) is 32.9 Å². The smallest absolute Gasteiger partial charge is 0.0667 e. The Morgan fingerprint density at radius 2 is 1.82 bits per heavy atom. The summed E-state index contributed by atoms with van der Waals surface area (Å²) in [6.45, 7) is 5.71. The molecule has 1 rings (SSSR count). The molecular weight excluding hydrogens is 302 g/mol. The molecule has 0 aliphatic carbocycles. The van der Waals surface area contributed by atoms with E-state index in [1.165, 1.54) is 5.56 Å². The van der Waals surface area contributed by atoms with Gasteiger partial charge in [-0.25, -0.2) is 0 Å². The molecule has 0 aliphatic heterocycles. The van der Waals surface area contributed by atoms with Crippen LogP contribution in [0.1, 0.15) is 25.8 Å². The fraction of sp³-hybridized carbons (Fsp3) is 0.538. The van der Waals surface area contributed by atoms with E-state index < -0.39 is 0 Å². The molecule has 0 amide bonds. The minimum absolute atomic E-state index is 0. The van der Waals surface area contributed by atoms with Gasteiger partial charge in [0.25, 0.3) is 0 Å². The first-order valence-electron chi connectivity index (χ1n) is 5.71. The zero-order chi connectivity index (χ0) is 12.0. The quantitative estimate of drug-likeness (QED) is 0.841. The van der Waals surface area contributed by atoms with Crippen molar-refractivity contribution < 1.29 is 5.11 Å². The highest BCUT2D eigenvalue weighted by molar-refractivity contribution is 9.10. The first-order valence-corrected chi connectivity index (χ1v) is 6.50. The van der Waals surface area contributed by atoms with Crippen LogP contribution in [0.2, 0.25) is 0 Å². The summed E-state index contributed by atoms with van der Waals surface area (Å²) in [5.41, 5.74) is 1.24. The van der Waals surface area contributed by atoms with E-state index >= 15 is 0 Å². The van der Waals surface area contributed by atoms with Crippen LogP contribution in [-0.4, -0.2) is 17.8 Å². The molecule has 0 aromatic heterocycles. The van der Waals surface area contributed by atoms with Gasteiger partial charge in [0.05, 0.1) is 6.10 Å². The average molecular weight is 323 g/mol. The van der Waals surface area contributed by atoms with Gasteiger partial charge in [0.15, 0.2) is 0 Å². The molecule has 17 heavy (non-hydrogen) atoms. The Bertz CT molecular complexity index is 303. The topological polar surface area (TPSA) is 32.3 Å². The van der Waals surface area contributed by atoms with Crippen molar-refractivity contribution in [3.05, 3.63) is 34.3 Å². The molecule has 0 aliphatic rings. The fourth-order valence-electron chi connectivity index (χ4n) is 1.61. The third-order valence-corrected chi connectivity index (χ3v) is 2.89. The maximum absolute atomic E-state index is 9.67. The van der Waals surface area contributed by atoms with E-state index in [1.54, 1.807) is 0 Å². The molecule has 2 nitrogen and oxygen atoms in total.